The number of phosphoric acid groups is 1. The van der Waals surface area contributed by atoms with E-state index >= 15 is 0 Å². The van der Waals surface area contributed by atoms with E-state index in [1.165, 1.54) is 0 Å². The highest BCUT2D eigenvalue weighted by molar-refractivity contribution is 7.46. The Morgan fingerprint density at radius 2 is 1.70 bits per heavy atom. The molecule has 0 amide bonds. The van der Waals surface area contributed by atoms with Gasteiger partial charge in [-0.3, -0.25) is 4.52 Å². The van der Waals surface area contributed by atoms with Gasteiger partial charge in [0.25, 0.3) is 0 Å². The van der Waals surface area contributed by atoms with Crippen LogP contribution in [0.5, 0.6) is 0 Å². The highest BCUT2D eigenvalue weighted by Crippen LogP contribution is 2.37. The van der Waals surface area contributed by atoms with E-state index in [-0.39, 0.29) is 6.61 Å². The molecule has 1 saturated heterocycles. The minimum atomic E-state index is -4.75. The Bertz CT molecular complexity index is 534. The third kappa shape index (κ3) is 5.32. The van der Waals surface area contributed by atoms with Crippen LogP contribution in [0.4, 0.5) is 0 Å². The van der Waals surface area contributed by atoms with Crippen LogP contribution in [0, 0.1) is 0 Å². The molecule has 0 spiro atoms. The highest BCUT2D eigenvalue weighted by atomic mass is 31.2. The molecule has 5 atom stereocenters. The number of phosphoric ester groups is 1. The van der Waals surface area contributed by atoms with Gasteiger partial charge < -0.3 is 34.6 Å². The monoisotopic (exact) mass is 350 g/mol. The molecule has 1 fully saturated rings. The predicted octanol–water partition coefficient (Wildman–Crippen LogP) is -0.880. The summed E-state index contributed by atoms with van der Waals surface area (Å²) in [6, 6.07) is 8.99. The number of hydrogen-bond acceptors (Lipinski definition) is 7. The minimum Gasteiger partial charge on any atom is -0.387 e. The van der Waals surface area contributed by atoms with Gasteiger partial charge in [0.2, 0.25) is 0 Å². The van der Waals surface area contributed by atoms with Crippen molar-refractivity contribution in [3.8, 4) is 0 Å². The zero-order valence-corrected chi connectivity index (χ0v) is 12.9. The third-order valence-electron chi connectivity index (χ3n) is 3.33. The largest absolute Gasteiger partial charge is 0.469 e. The molecule has 1 aliphatic rings. The highest BCUT2D eigenvalue weighted by Gasteiger charge is 2.45. The lowest BCUT2D eigenvalue weighted by atomic mass is 9.99. The molecule has 1 aliphatic heterocycles. The molecule has 23 heavy (non-hydrogen) atoms. The number of ether oxygens (including phenoxy) is 2. The van der Waals surface area contributed by atoms with Gasteiger partial charge in [-0.05, 0) is 5.56 Å². The van der Waals surface area contributed by atoms with Crippen LogP contribution in [0.2, 0.25) is 0 Å². The molecule has 130 valence electrons. The van der Waals surface area contributed by atoms with E-state index in [9.17, 15) is 19.9 Å². The lowest BCUT2D eigenvalue weighted by Crippen LogP contribution is -2.59. The second kappa shape index (κ2) is 7.80. The van der Waals surface area contributed by atoms with E-state index in [0.29, 0.717) is 0 Å². The average Bonchev–Trinajstić information content (AvgIpc) is 2.51. The average molecular weight is 350 g/mol. The van der Waals surface area contributed by atoms with Crippen molar-refractivity contribution in [2.75, 3.05) is 6.61 Å². The number of aliphatic hydroxyl groups is 3. The first-order valence-corrected chi connectivity index (χ1v) is 8.36. The predicted molar refractivity (Wildman–Crippen MR) is 75.9 cm³/mol. The molecule has 2 rings (SSSR count). The van der Waals surface area contributed by atoms with Crippen LogP contribution >= 0.6 is 7.82 Å². The first-order valence-electron chi connectivity index (χ1n) is 6.83. The van der Waals surface area contributed by atoms with Crippen LogP contribution in [0.1, 0.15) is 5.56 Å². The van der Waals surface area contributed by atoms with Gasteiger partial charge in [0, 0.05) is 0 Å². The van der Waals surface area contributed by atoms with Crippen LogP contribution in [0.3, 0.4) is 0 Å². The van der Waals surface area contributed by atoms with Crippen molar-refractivity contribution in [3.63, 3.8) is 0 Å². The second-order valence-electron chi connectivity index (χ2n) is 5.10. The molecular formula is C13H19O9P. The molecular weight excluding hydrogens is 331 g/mol. The SMILES string of the molecule is O=P(O)(O)OC[C@H]1OC(OCc2ccccc2)[C@@H](O)[C@@H](O)[C@@H]1O. The van der Waals surface area contributed by atoms with Gasteiger partial charge in [-0.15, -0.1) is 0 Å². The molecule has 0 bridgehead atoms. The van der Waals surface area contributed by atoms with Crippen molar-refractivity contribution in [3.05, 3.63) is 35.9 Å². The molecule has 1 aromatic rings. The van der Waals surface area contributed by atoms with E-state index in [1.54, 1.807) is 24.3 Å². The summed E-state index contributed by atoms with van der Waals surface area (Å²) in [6.45, 7) is -0.585. The number of aliphatic hydroxyl groups excluding tert-OH is 3. The maximum absolute atomic E-state index is 10.7. The Kier molecular flexibility index (Phi) is 6.26. The Labute approximate surface area is 132 Å². The van der Waals surface area contributed by atoms with Crippen LogP contribution in [0.15, 0.2) is 30.3 Å². The van der Waals surface area contributed by atoms with E-state index < -0.39 is 45.1 Å². The molecule has 1 heterocycles. The summed E-state index contributed by atoms with van der Waals surface area (Å²) in [4.78, 5) is 17.4. The van der Waals surface area contributed by atoms with E-state index in [2.05, 4.69) is 4.52 Å². The van der Waals surface area contributed by atoms with Crippen LogP contribution < -0.4 is 0 Å². The van der Waals surface area contributed by atoms with Crippen LogP contribution in [-0.4, -0.2) is 62.4 Å². The summed E-state index contributed by atoms with van der Waals surface area (Å²) < 4.78 is 25.6. The number of hydrogen-bond donors (Lipinski definition) is 5. The molecule has 10 heteroatoms. The summed E-state index contributed by atoms with van der Waals surface area (Å²) in [6.07, 6.45) is -7.23. The second-order valence-corrected chi connectivity index (χ2v) is 6.34. The lowest BCUT2D eigenvalue weighted by Gasteiger charge is -2.40. The number of rotatable bonds is 6. The lowest BCUT2D eigenvalue weighted by molar-refractivity contribution is -0.303. The Balaban J connectivity index is 1.96. The summed E-state index contributed by atoms with van der Waals surface area (Å²) in [5, 5.41) is 29.5. The van der Waals surface area contributed by atoms with Gasteiger partial charge in [-0.25, -0.2) is 4.57 Å². The molecule has 1 unspecified atom stereocenters. The molecule has 0 radical (unpaired) electrons. The van der Waals surface area contributed by atoms with Crippen LogP contribution in [0.25, 0.3) is 0 Å². The molecule has 0 saturated carbocycles. The summed E-state index contributed by atoms with van der Waals surface area (Å²) in [5.74, 6) is 0. The summed E-state index contributed by atoms with van der Waals surface area (Å²) in [7, 11) is -4.75. The maximum Gasteiger partial charge on any atom is 0.469 e. The van der Waals surface area contributed by atoms with Crippen molar-refractivity contribution in [2.24, 2.45) is 0 Å². The van der Waals surface area contributed by atoms with Gasteiger partial charge >= 0.3 is 7.82 Å². The van der Waals surface area contributed by atoms with Crippen molar-refractivity contribution in [2.45, 2.75) is 37.3 Å². The first kappa shape index (κ1) is 18.5. The van der Waals surface area contributed by atoms with Crippen molar-refractivity contribution >= 4 is 7.82 Å². The normalized spacial score (nSPS) is 32.0. The first-order chi connectivity index (χ1) is 10.8. The zero-order chi connectivity index (χ0) is 17.0. The third-order valence-corrected chi connectivity index (χ3v) is 3.82. The molecule has 9 nitrogen and oxygen atoms in total. The van der Waals surface area contributed by atoms with Crippen molar-refractivity contribution in [1.82, 2.24) is 0 Å². The Morgan fingerprint density at radius 1 is 1.04 bits per heavy atom. The smallest absolute Gasteiger partial charge is 0.387 e. The van der Waals surface area contributed by atoms with Crippen molar-refractivity contribution < 1.29 is 43.7 Å². The standard InChI is InChI=1S/C13H19O9P/c14-10-9(7-21-23(17,18)19)22-13(12(16)11(10)15)20-6-8-4-2-1-3-5-8/h1-5,9-16H,6-7H2,(H2,17,18,19)/t9-,10-,11+,12+,13?/m1/s1. The topological polar surface area (TPSA) is 146 Å². The Hall–Kier alpha value is -0.870. The summed E-state index contributed by atoms with van der Waals surface area (Å²) in [5.41, 5.74) is 0.798. The quantitative estimate of drug-likeness (QED) is 0.413. The molecule has 0 aliphatic carbocycles. The van der Waals surface area contributed by atoms with Crippen LogP contribution in [-0.2, 0) is 25.2 Å². The number of benzene rings is 1. The fourth-order valence-corrected chi connectivity index (χ4v) is 2.46. The molecule has 1 aromatic carbocycles. The van der Waals surface area contributed by atoms with Crippen molar-refractivity contribution in [1.29, 1.82) is 0 Å². The molecule has 5 N–H and O–H groups in total. The zero-order valence-electron chi connectivity index (χ0n) is 12.0. The molecule has 0 aromatic heterocycles. The van der Waals surface area contributed by atoms with E-state index in [1.807, 2.05) is 6.07 Å². The van der Waals surface area contributed by atoms with E-state index in [0.717, 1.165) is 5.56 Å². The fourth-order valence-electron chi connectivity index (χ4n) is 2.12. The van der Waals surface area contributed by atoms with Gasteiger partial charge in [0.05, 0.1) is 13.2 Å². The Morgan fingerprint density at radius 3 is 2.30 bits per heavy atom. The van der Waals surface area contributed by atoms with Gasteiger partial charge in [0.1, 0.15) is 24.4 Å². The van der Waals surface area contributed by atoms with Gasteiger partial charge in [-0.1, -0.05) is 30.3 Å². The van der Waals surface area contributed by atoms with E-state index in [4.69, 9.17) is 19.3 Å². The van der Waals surface area contributed by atoms with Gasteiger partial charge in [-0.2, -0.15) is 0 Å². The van der Waals surface area contributed by atoms with Gasteiger partial charge in [0.15, 0.2) is 6.29 Å². The maximum atomic E-state index is 10.7. The summed E-state index contributed by atoms with van der Waals surface area (Å²) >= 11 is 0. The minimum absolute atomic E-state index is 0.0808. The fraction of sp³-hybridized carbons (Fsp3) is 0.538.